The fraction of sp³-hybridized carbons (Fsp3) is 0.765. The predicted molar refractivity (Wildman–Crippen MR) is 85.8 cm³/mol. The van der Waals surface area contributed by atoms with Crippen molar-refractivity contribution in [3.8, 4) is 0 Å². The van der Waals surface area contributed by atoms with Crippen molar-refractivity contribution in [1.29, 1.82) is 0 Å². The van der Waals surface area contributed by atoms with Crippen LogP contribution in [-0.2, 0) is 6.42 Å². The molecule has 2 rings (SSSR count). The molecule has 3 unspecified atom stereocenters. The van der Waals surface area contributed by atoms with Gasteiger partial charge in [0.1, 0.15) is 0 Å². The molecule has 1 N–H and O–H groups in total. The molecule has 1 aromatic heterocycles. The molecule has 1 aromatic rings. The zero-order valence-electron chi connectivity index (χ0n) is 12.5. The maximum atomic E-state index is 3.73. The lowest BCUT2D eigenvalue weighted by Crippen LogP contribution is -2.40. The Morgan fingerprint density at radius 3 is 2.84 bits per heavy atom. The second-order valence-electron chi connectivity index (χ2n) is 6.01. The van der Waals surface area contributed by atoms with Gasteiger partial charge in [0.05, 0.1) is 0 Å². The van der Waals surface area contributed by atoms with E-state index in [4.69, 9.17) is 0 Å². The van der Waals surface area contributed by atoms with Crippen molar-refractivity contribution in [1.82, 2.24) is 5.32 Å². The summed E-state index contributed by atoms with van der Waals surface area (Å²) in [5, 5.41) is 5.94. The van der Waals surface area contributed by atoms with E-state index in [0.717, 1.165) is 24.4 Å². The summed E-state index contributed by atoms with van der Waals surface area (Å²) in [6.45, 7) is 5.70. The molecule has 1 nitrogen and oxygen atoms in total. The third kappa shape index (κ3) is 4.61. The van der Waals surface area contributed by atoms with Gasteiger partial charge in [-0.1, -0.05) is 32.8 Å². The highest BCUT2D eigenvalue weighted by Crippen LogP contribution is 2.35. The number of rotatable bonds is 7. The Labute approximate surface area is 122 Å². The van der Waals surface area contributed by atoms with Crippen molar-refractivity contribution < 1.29 is 0 Å². The monoisotopic (exact) mass is 279 g/mol. The fourth-order valence-electron chi connectivity index (χ4n) is 3.66. The minimum Gasteiger partial charge on any atom is -0.314 e. The predicted octanol–water partition coefficient (Wildman–Crippen LogP) is 4.88. The average molecular weight is 279 g/mol. The molecule has 108 valence electrons. The number of thiophene rings is 1. The number of nitrogens with one attached hydrogen (secondary N) is 1. The molecule has 1 aliphatic carbocycles. The molecule has 0 bridgehead atoms. The summed E-state index contributed by atoms with van der Waals surface area (Å²) in [6, 6.07) is 5.25. The minimum absolute atomic E-state index is 0.776. The van der Waals surface area contributed by atoms with Crippen LogP contribution in [0.25, 0.3) is 0 Å². The van der Waals surface area contributed by atoms with Crippen LogP contribution in [0.15, 0.2) is 17.5 Å². The van der Waals surface area contributed by atoms with E-state index < -0.39 is 0 Å². The first-order chi connectivity index (χ1) is 9.33. The molecule has 0 spiro atoms. The summed E-state index contributed by atoms with van der Waals surface area (Å²) in [5.41, 5.74) is 0. The maximum Gasteiger partial charge on any atom is 0.00955 e. The SMILES string of the molecule is CCCC1CCC(NCC)C(CCc2cccs2)C1. The first kappa shape index (κ1) is 15.1. The molecule has 1 aliphatic rings. The summed E-state index contributed by atoms with van der Waals surface area (Å²) < 4.78 is 0. The summed E-state index contributed by atoms with van der Waals surface area (Å²) in [6.07, 6.45) is 9.75. The van der Waals surface area contributed by atoms with Crippen LogP contribution >= 0.6 is 11.3 Å². The van der Waals surface area contributed by atoms with E-state index in [-0.39, 0.29) is 0 Å². The first-order valence-corrected chi connectivity index (χ1v) is 8.97. The van der Waals surface area contributed by atoms with Crippen molar-refractivity contribution in [2.24, 2.45) is 11.8 Å². The van der Waals surface area contributed by atoms with Crippen LogP contribution in [0.3, 0.4) is 0 Å². The van der Waals surface area contributed by atoms with Gasteiger partial charge in [0.15, 0.2) is 0 Å². The standard InChI is InChI=1S/C17H29NS/c1-3-6-14-8-11-17(18-4-2)15(13-14)9-10-16-7-5-12-19-16/h5,7,12,14-15,17-18H,3-4,6,8-11,13H2,1-2H3. The van der Waals surface area contributed by atoms with Crippen molar-refractivity contribution >= 4 is 11.3 Å². The molecule has 2 heteroatoms. The third-order valence-electron chi connectivity index (χ3n) is 4.60. The molecular weight excluding hydrogens is 250 g/mol. The molecule has 0 saturated heterocycles. The lowest BCUT2D eigenvalue weighted by atomic mass is 9.74. The van der Waals surface area contributed by atoms with Crippen LogP contribution in [-0.4, -0.2) is 12.6 Å². The first-order valence-electron chi connectivity index (χ1n) is 8.09. The molecule has 0 amide bonds. The Hall–Kier alpha value is -0.340. The Balaban J connectivity index is 1.87. The molecule has 0 aliphatic heterocycles. The summed E-state index contributed by atoms with van der Waals surface area (Å²) >= 11 is 1.92. The minimum atomic E-state index is 0.776. The van der Waals surface area contributed by atoms with Crippen molar-refractivity contribution in [3.63, 3.8) is 0 Å². The van der Waals surface area contributed by atoms with Crippen LogP contribution in [0.1, 0.15) is 57.2 Å². The largest absolute Gasteiger partial charge is 0.314 e. The number of hydrogen-bond donors (Lipinski definition) is 1. The van der Waals surface area contributed by atoms with Crippen LogP contribution in [0.4, 0.5) is 0 Å². The van der Waals surface area contributed by atoms with Crippen LogP contribution in [0, 0.1) is 11.8 Å². The van der Waals surface area contributed by atoms with Crippen LogP contribution in [0.2, 0.25) is 0 Å². The van der Waals surface area contributed by atoms with Gasteiger partial charge in [-0.05, 0) is 61.9 Å². The molecule has 1 heterocycles. The second-order valence-corrected chi connectivity index (χ2v) is 7.04. The Kier molecular flexibility index (Phi) is 6.39. The van der Waals surface area contributed by atoms with Gasteiger partial charge in [-0.25, -0.2) is 0 Å². The zero-order valence-corrected chi connectivity index (χ0v) is 13.3. The average Bonchev–Trinajstić information content (AvgIpc) is 2.92. The van der Waals surface area contributed by atoms with Crippen LogP contribution < -0.4 is 5.32 Å². The van der Waals surface area contributed by atoms with E-state index in [0.29, 0.717) is 0 Å². The fourth-order valence-corrected chi connectivity index (χ4v) is 4.39. The van der Waals surface area contributed by atoms with Crippen LogP contribution in [0.5, 0.6) is 0 Å². The van der Waals surface area contributed by atoms with Crippen molar-refractivity contribution in [3.05, 3.63) is 22.4 Å². The number of hydrogen-bond acceptors (Lipinski definition) is 2. The maximum absolute atomic E-state index is 3.73. The molecular formula is C17H29NS. The highest BCUT2D eigenvalue weighted by molar-refractivity contribution is 7.09. The van der Waals surface area contributed by atoms with Gasteiger partial charge in [-0.2, -0.15) is 0 Å². The van der Waals surface area contributed by atoms with Crippen molar-refractivity contribution in [2.45, 2.75) is 64.8 Å². The van der Waals surface area contributed by atoms with E-state index in [1.807, 2.05) is 11.3 Å². The van der Waals surface area contributed by atoms with Gasteiger partial charge in [-0.15, -0.1) is 11.3 Å². The van der Waals surface area contributed by atoms with Gasteiger partial charge in [0, 0.05) is 10.9 Å². The summed E-state index contributed by atoms with van der Waals surface area (Å²) in [7, 11) is 0. The highest BCUT2D eigenvalue weighted by atomic mass is 32.1. The van der Waals surface area contributed by atoms with E-state index in [1.165, 1.54) is 44.9 Å². The van der Waals surface area contributed by atoms with Gasteiger partial charge >= 0.3 is 0 Å². The topological polar surface area (TPSA) is 12.0 Å². The molecule has 3 atom stereocenters. The highest BCUT2D eigenvalue weighted by Gasteiger charge is 2.29. The Morgan fingerprint density at radius 1 is 1.26 bits per heavy atom. The summed E-state index contributed by atoms with van der Waals surface area (Å²) in [4.78, 5) is 1.56. The van der Waals surface area contributed by atoms with Gasteiger partial charge in [-0.3, -0.25) is 0 Å². The summed E-state index contributed by atoms with van der Waals surface area (Å²) in [5.74, 6) is 1.89. The van der Waals surface area contributed by atoms with Gasteiger partial charge in [0.2, 0.25) is 0 Å². The van der Waals surface area contributed by atoms with E-state index in [2.05, 4.69) is 36.7 Å². The lowest BCUT2D eigenvalue weighted by molar-refractivity contribution is 0.187. The van der Waals surface area contributed by atoms with E-state index in [1.54, 1.807) is 4.88 Å². The molecule has 1 saturated carbocycles. The zero-order chi connectivity index (χ0) is 13.5. The molecule has 19 heavy (non-hydrogen) atoms. The lowest BCUT2D eigenvalue weighted by Gasteiger charge is -2.37. The van der Waals surface area contributed by atoms with Gasteiger partial charge < -0.3 is 5.32 Å². The Morgan fingerprint density at radius 2 is 2.16 bits per heavy atom. The second kappa shape index (κ2) is 8.06. The van der Waals surface area contributed by atoms with Gasteiger partial charge in [0.25, 0.3) is 0 Å². The van der Waals surface area contributed by atoms with E-state index >= 15 is 0 Å². The number of aryl methyl sites for hydroxylation is 1. The molecule has 0 aromatic carbocycles. The normalized spacial score (nSPS) is 27.6. The Bertz CT molecular complexity index is 333. The smallest absolute Gasteiger partial charge is 0.00955 e. The third-order valence-corrected chi connectivity index (χ3v) is 5.53. The van der Waals surface area contributed by atoms with E-state index in [9.17, 15) is 0 Å². The molecule has 1 fully saturated rings. The quantitative estimate of drug-likeness (QED) is 0.750. The van der Waals surface area contributed by atoms with Crippen molar-refractivity contribution in [2.75, 3.05) is 6.54 Å². The molecule has 0 radical (unpaired) electrons.